The predicted octanol–water partition coefficient (Wildman–Crippen LogP) is 3.07. The van der Waals surface area contributed by atoms with Gasteiger partial charge in [-0.2, -0.15) is 4.31 Å². The lowest BCUT2D eigenvalue weighted by Gasteiger charge is -2.15. The number of pyridine rings is 1. The van der Waals surface area contributed by atoms with E-state index in [2.05, 4.69) is 9.97 Å². The smallest absolute Gasteiger partial charge is 0.243 e. The van der Waals surface area contributed by atoms with E-state index < -0.39 is 16.1 Å². The van der Waals surface area contributed by atoms with Gasteiger partial charge in [-0.1, -0.05) is 12.1 Å². The van der Waals surface area contributed by atoms with E-state index in [0.29, 0.717) is 29.3 Å². The van der Waals surface area contributed by atoms with Crippen molar-refractivity contribution in [1.29, 1.82) is 0 Å². The molecule has 136 valence electrons. The first-order chi connectivity index (χ1) is 12.5. The van der Waals surface area contributed by atoms with Crippen LogP contribution in [0.4, 0.5) is 0 Å². The molecule has 3 heterocycles. The average molecular weight is 371 g/mol. The summed E-state index contributed by atoms with van der Waals surface area (Å²) >= 11 is 0. The molecule has 6 nitrogen and oxygen atoms in total. The van der Waals surface area contributed by atoms with E-state index in [-0.39, 0.29) is 0 Å². The Morgan fingerprint density at radius 3 is 2.50 bits per heavy atom. The van der Waals surface area contributed by atoms with Gasteiger partial charge in [-0.25, -0.2) is 13.4 Å². The number of fused-ring (bicyclic) bond motifs is 1. The lowest BCUT2D eigenvalue weighted by atomic mass is 10.0. The van der Waals surface area contributed by atoms with Crippen molar-refractivity contribution >= 4 is 21.1 Å². The molecule has 0 spiro atoms. The van der Waals surface area contributed by atoms with Crippen LogP contribution in [0.15, 0.2) is 47.5 Å². The summed E-state index contributed by atoms with van der Waals surface area (Å²) in [6, 6.07) is 10.8. The first-order valence-electron chi connectivity index (χ1n) is 8.73. The summed E-state index contributed by atoms with van der Waals surface area (Å²) in [4.78, 5) is 7.75. The van der Waals surface area contributed by atoms with Gasteiger partial charge in [0.05, 0.1) is 11.0 Å². The molecule has 1 aliphatic heterocycles. The second-order valence-electron chi connectivity index (χ2n) is 6.66. The maximum Gasteiger partial charge on any atom is 0.243 e. The minimum atomic E-state index is -3.41. The van der Waals surface area contributed by atoms with Crippen LogP contribution in [-0.2, 0) is 10.0 Å². The molecule has 26 heavy (non-hydrogen) atoms. The second-order valence-corrected chi connectivity index (χ2v) is 8.59. The van der Waals surface area contributed by atoms with Gasteiger partial charge in [0.2, 0.25) is 10.0 Å². The quantitative estimate of drug-likeness (QED) is 0.738. The largest absolute Gasteiger partial charge is 0.387 e. The average Bonchev–Trinajstić information content (AvgIpc) is 3.31. The van der Waals surface area contributed by atoms with Crippen LogP contribution in [0.5, 0.6) is 0 Å². The van der Waals surface area contributed by atoms with Gasteiger partial charge < -0.3 is 10.1 Å². The number of hydrogen-bond donors (Lipinski definition) is 2. The lowest BCUT2D eigenvalue weighted by molar-refractivity contribution is 0.195. The Morgan fingerprint density at radius 1 is 1.15 bits per heavy atom. The molecule has 0 aliphatic carbocycles. The lowest BCUT2D eigenvalue weighted by Crippen LogP contribution is -2.27. The minimum Gasteiger partial charge on any atom is -0.387 e. The molecule has 0 radical (unpaired) electrons. The SMILES string of the molecule is CC(O)c1cc2c(-c3ccc(S(=O)(=O)N4CCCC4)cc3)ccnc2[nH]1. The molecule has 2 aromatic heterocycles. The highest BCUT2D eigenvalue weighted by Crippen LogP contribution is 2.31. The molecule has 1 aromatic carbocycles. The van der Waals surface area contributed by atoms with Crippen LogP contribution in [-0.4, -0.2) is 40.9 Å². The maximum atomic E-state index is 12.7. The van der Waals surface area contributed by atoms with Gasteiger partial charge in [0.15, 0.2) is 0 Å². The third kappa shape index (κ3) is 2.92. The highest BCUT2D eigenvalue weighted by molar-refractivity contribution is 7.89. The van der Waals surface area contributed by atoms with Crippen LogP contribution < -0.4 is 0 Å². The van der Waals surface area contributed by atoms with Gasteiger partial charge in [-0.15, -0.1) is 0 Å². The molecule has 0 saturated carbocycles. The monoisotopic (exact) mass is 371 g/mol. The number of aliphatic hydroxyl groups is 1. The molecular weight excluding hydrogens is 350 g/mol. The van der Waals surface area contributed by atoms with Crippen LogP contribution >= 0.6 is 0 Å². The summed E-state index contributed by atoms with van der Waals surface area (Å²) in [7, 11) is -3.41. The highest BCUT2D eigenvalue weighted by Gasteiger charge is 2.27. The van der Waals surface area contributed by atoms with Crippen LogP contribution in [0, 0.1) is 0 Å². The zero-order valence-electron chi connectivity index (χ0n) is 14.5. The highest BCUT2D eigenvalue weighted by atomic mass is 32.2. The fraction of sp³-hybridized carbons (Fsp3) is 0.316. The summed E-state index contributed by atoms with van der Waals surface area (Å²) in [5.41, 5.74) is 3.26. The molecule has 3 aromatic rings. The second kappa shape index (κ2) is 6.50. The normalized spacial score (nSPS) is 17.0. The summed E-state index contributed by atoms with van der Waals surface area (Å²) < 4.78 is 26.9. The molecular formula is C19H21N3O3S. The summed E-state index contributed by atoms with van der Waals surface area (Å²) in [5.74, 6) is 0. The van der Waals surface area contributed by atoms with Crippen LogP contribution in [0.25, 0.3) is 22.2 Å². The van der Waals surface area contributed by atoms with Crippen LogP contribution in [0.1, 0.15) is 31.6 Å². The maximum absolute atomic E-state index is 12.7. The molecule has 4 rings (SSSR count). The topological polar surface area (TPSA) is 86.3 Å². The molecule has 7 heteroatoms. The van der Waals surface area contributed by atoms with E-state index in [0.717, 1.165) is 29.4 Å². The van der Waals surface area contributed by atoms with Gasteiger partial charge in [-0.3, -0.25) is 0 Å². The number of aliphatic hydroxyl groups excluding tert-OH is 1. The first kappa shape index (κ1) is 17.2. The summed E-state index contributed by atoms with van der Waals surface area (Å²) in [6.45, 7) is 2.89. The Balaban J connectivity index is 1.72. The Morgan fingerprint density at radius 2 is 1.85 bits per heavy atom. The molecule has 0 bridgehead atoms. The number of nitrogens with zero attached hydrogens (tertiary/aromatic N) is 2. The number of sulfonamides is 1. The number of benzene rings is 1. The van der Waals surface area contributed by atoms with Gasteiger partial charge in [0.25, 0.3) is 0 Å². The molecule has 1 saturated heterocycles. The van der Waals surface area contributed by atoms with E-state index >= 15 is 0 Å². The number of nitrogens with one attached hydrogen (secondary N) is 1. The van der Waals surface area contributed by atoms with Crippen molar-refractivity contribution in [2.75, 3.05) is 13.1 Å². The zero-order valence-corrected chi connectivity index (χ0v) is 15.3. The van der Waals surface area contributed by atoms with E-state index in [1.54, 1.807) is 29.6 Å². The summed E-state index contributed by atoms with van der Waals surface area (Å²) in [5, 5.41) is 10.7. The van der Waals surface area contributed by atoms with Crippen molar-refractivity contribution in [3.63, 3.8) is 0 Å². The fourth-order valence-corrected chi connectivity index (χ4v) is 4.93. The van der Waals surface area contributed by atoms with Gasteiger partial charge >= 0.3 is 0 Å². The van der Waals surface area contributed by atoms with Crippen molar-refractivity contribution < 1.29 is 13.5 Å². The number of H-pyrrole nitrogens is 1. The van der Waals surface area contributed by atoms with Crippen molar-refractivity contribution in [2.45, 2.75) is 30.8 Å². The molecule has 0 amide bonds. The fourth-order valence-electron chi connectivity index (χ4n) is 3.41. The minimum absolute atomic E-state index is 0.326. The Kier molecular flexibility index (Phi) is 4.30. The van der Waals surface area contributed by atoms with Crippen molar-refractivity contribution in [2.24, 2.45) is 0 Å². The molecule has 1 fully saturated rings. The van der Waals surface area contributed by atoms with Gasteiger partial charge in [-0.05, 0) is 55.2 Å². The standard InChI is InChI=1S/C19H21N3O3S/c1-13(23)18-12-17-16(8-9-20-19(17)21-18)14-4-6-15(7-5-14)26(24,25)22-10-2-3-11-22/h4-9,12-13,23H,2-3,10-11H2,1H3,(H,20,21). The first-order valence-corrected chi connectivity index (χ1v) is 10.2. The number of aromatic nitrogens is 2. The Labute approximate surface area is 152 Å². The van der Waals surface area contributed by atoms with Crippen molar-refractivity contribution in [3.05, 3.63) is 48.3 Å². The molecule has 1 aliphatic rings. The predicted molar refractivity (Wildman–Crippen MR) is 100 cm³/mol. The van der Waals surface area contributed by atoms with E-state index in [4.69, 9.17) is 0 Å². The van der Waals surface area contributed by atoms with E-state index in [9.17, 15) is 13.5 Å². The van der Waals surface area contributed by atoms with Gasteiger partial charge in [0, 0.05) is 30.4 Å². The van der Waals surface area contributed by atoms with Crippen LogP contribution in [0.3, 0.4) is 0 Å². The third-order valence-corrected chi connectivity index (χ3v) is 6.78. The number of hydrogen-bond acceptors (Lipinski definition) is 4. The molecule has 1 unspecified atom stereocenters. The third-order valence-electron chi connectivity index (χ3n) is 4.87. The van der Waals surface area contributed by atoms with Crippen molar-refractivity contribution in [1.82, 2.24) is 14.3 Å². The Hall–Kier alpha value is -2.22. The number of aromatic amines is 1. The Bertz CT molecular complexity index is 1030. The van der Waals surface area contributed by atoms with Crippen LogP contribution in [0.2, 0.25) is 0 Å². The number of rotatable bonds is 4. The van der Waals surface area contributed by atoms with Crippen molar-refractivity contribution in [3.8, 4) is 11.1 Å². The molecule has 2 N–H and O–H groups in total. The van der Waals surface area contributed by atoms with E-state index in [1.807, 2.05) is 24.3 Å². The zero-order chi connectivity index (χ0) is 18.3. The van der Waals surface area contributed by atoms with Gasteiger partial charge in [0.1, 0.15) is 5.65 Å². The molecule has 1 atom stereocenters. The summed E-state index contributed by atoms with van der Waals surface area (Å²) in [6.07, 6.45) is 2.94. The van der Waals surface area contributed by atoms with E-state index in [1.165, 1.54) is 0 Å².